The molecule has 0 unspecified atom stereocenters. The van der Waals surface area contributed by atoms with Crippen LogP contribution in [0.25, 0.3) is 5.57 Å². The summed E-state index contributed by atoms with van der Waals surface area (Å²) in [7, 11) is 0. The van der Waals surface area contributed by atoms with Gasteiger partial charge in [0, 0.05) is 29.9 Å². The van der Waals surface area contributed by atoms with Gasteiger partial charge in [-0.3, -0.25) is 14.8 Å². The number of amides is 1. The highest BCUT2D eigenvalue weighted by Crippen LogP contribution is 2.25. The molecule has 0 fully saturated rings. The zero-order chi connectivity index (χ0) is 24.1. The van der Waals surface area contributed by atoms with E-state index in [2.05, 4.69) is 15.3 Å². The SMILES string of the molecule is N[C@H](CO)[C@H](Cc1ccccn1)NC(=O)c1cccc(F)c1C1=NCC(c2ccc(F)cc2)=C1. The zero-order valence-electron chi connectivity index (χ0n) is 18.3. The fourth-order valence-corrected chi connectivity index (χ4v) is 3.82. The number of nitrogens with one attached hydrogen (secondary N) is 1. The maximum atomic E-state index is 14.9. The van der Waals surface area contributed by atoms with E-state index >= 15 is 0 Å². The Hall–Kier alpha value is -3.75. The van der Waals surface area contributed by atoms with Crippen molar-refractivity contribution in [1.29, 1.82) is 0 Å². The number of carbonyl (C=O) groups excluding carboxylic acids is 1. The van der Waals surface area contributed by atoms with Crippen LogP contribution in [0.5, 0.6) is 0 Å². The maximum absolute atomic E-state index is 14.9. The summed E-state index contributed by atoms with van der Waals surface area (Å²) in [4.78, 5) is 21.9. The van der Waals surface area contributed by atoms with Crippen LogP contribution in [-0.2, 0) is 6.42 Å². The average Bonchev–Trinajstić information content (AvgIpc) is 3.33. The highest BCUT2D eigenvalue weighted by molar-refractivity contribution is 6.19. The Morgan fingerprint density at radius 2 is 1.88 bits per heavy atom. The Morgan fingerprint density at radius 1 is 1.09 bits per heavy atom. The summed E-state index contributed by atoms with van der Waals surface area (Å²) < 4.78 is 28.2. The van der Waals surface area contributed by atoms with Gasteiger partial charge in [-0.05, 0) is 53.6 Å². The first-order chi connectivity index (χ1) is 16.5. The maximum Gasteiger partial charge on any atom is 0.252 e. The van der Waals surface area contributed by atoms with E-state index in [1.807, 2.05) is 6.07 Å². The number of aromatic nitrogens is 1. The van der Waals surface area contributed by atoms with Gasteiger partial charge >= 0.3 is 0 Å². The van der Waals surface area contributed by atoms with Crippen LogP contribution in [0.3, 0.4) is 0 Å². The van der Waals surface area contributed by atoms with Crippen molar-refractivity contribution >= 4 is 17.2 Å². The van der Waals surface area contributed by atoms with Gasteiger partial charge in [-0.25, -0.2) is 8.78 Å². The van der Waals surface area contributed by atoms with E-state index in [-0.39, 0.29) is 30.1 Å². The predicted octanol–water partition coefficient (Wildman–Crippen LogP) is 2.91. The first-order valence-corrected chi connectivity index (χ1v) is 10.8. The third kappa shape index (κ3) is 5.24. The Morgan fingerprint density at radius 3 is 2.59 bits per heavy atom. The molecule has 0 saturated heterocycles. The summed E-state index contributed by atoms with van der Waals surface area (Å²) in [5.41, 5.74) is 8.81. The summed E-state index contributed by atoms with van der Waals surface area (Å²) in [6, 6.07) is 14.2. The van der Waals surface area contributed by atoms with Crippen molar-refractivity contribution in [3.8, 4) is 0 Å². The molecule has 8 heteroatoms. The van der Waals surface area contributed by atoms with Gasteiger partial charge in [0.05, 0.1) is 30.5 Å². The molecule has 1 amide bonds. The van der Waals surface area contributed by atoms with Crippen molar-refractivity contribution in [2.45, 2.75) is 18.5 Å². The molecule has 174 valence electrons. The van der Waals surface area contributed by atoms with Gasteiger partial charge in [-0.1, -0.05) is 24.3 Å². The molecule has 34 heavy (non-hydrogen) atoms. The van der Waals surface area contributed by atoms with Gasteiger partial charge in [0.2, 0.25) is 0 Å². The number of pyridine rings is 1. The van der Waals surface area contributed by atoms with Crippen molar-refractivity contribution < 1.29 is 18.7 Å². The Kier molecular flexibility index (Phi) is 7.20. The molecule has 1 aromatic heterocycles. The molecule has 0 saturated carbocycles. The summed E-state index contributed by atoms with van der Waals surface area (Å²) in [6.45, 7) is -0.0572. The van der Waals surface area contributed by atoms with Crippen molar-refractivity contribution in [3.05, 3.63) is 107 Å². The van der Waals surface area contributed by atoms with Crippen LogP contribution in [0, 0.1) is 11.6 Å². The summed E-state index contributed by atoms with van der Waals surface area (Å²) in [6.07, 6.45) is 3.63. The Balaban J connectivity index is 1.60. The van der Waals surface area contributed by atoms with Crippen LogP contribution < -0.4 is 11.1 Å². The Labute approximate surface area is 195 Å². The molecule has 4 rings (SSSR count). The van der Waals surface area contributed by atoms with Gasteiger partial charge in [0.15, 0.2) is 0 Å². The normalized spacial score (nSPS) is 14.8. The molecule has 0 bridgehead atoms. The van der Waals surface area contributed by atoms with Crippen LogP contribution in [0.15, 0.2) is 77.9 Å². The average molecular weight is 463 g/mol. The number of hydrogen-bond acceptors (Lipinski definition) is 5. The largest absolute Gasteiger partial charge is 0.395 e. The van der Waals surface area contributed by atoms with Gasteiger partial charge in [0.25, 0.3) is 5.91 Å². The van der Waals surface area contributed by atoms with E-state index in [9.17, 15) is 18.7 Å². The number of carbonyl (C=O) groups is 1. The summed E-state index contributed by atoms with van der Waals surface area (Å²) in [5, 5.41) is 12.4. The number of nitrogens with zero attached hydrogens (tertiary/aromatic N) is 2. The smallest absolute Gasteiger partial charge is 0.252 e. The standard InChI is InChI=1S/C26H24F2N4O2/c27-18-9-7-16(8-10-18)17-12-24(31-14-17)25-20(5-3-6-21(25)28)26(34)32-23(22(29)15-33)13-19-4-1-2-11-30-19/h1-12,22-23,33H,13-15,29H2,(H,32,34)/t22-,23+/m1/s1. The quantitative estimate of drug-likeness (QED) is 0.479. The van der Waals surface area contributed by atoms with Gasteiger partial charge in [-0.2, -0.15) is 0 Å². The lowest BCUT2D eigenvalue weighted by Crippen LogP contribution is -2.51. The van der Waals surface area contributed by atoms with Gasteiger partial charge < -0.3 is 16.2 Å². The molecule has 1 aliphatic rings. The fraction of sp³-hybridized carbons (Fsp3) is 0.192. The molecule has 3 aromatic rings. The number of rotatable bonds is 8. The number of aliphatic hydroxyl groups is 1. The minimum atomic E-state index is -0.739. The number of nitrogens with two attached hydrogens (primary N) is 1. The molecule has 2 heterocycles. The van der Waals surface area contributed by atoms with Crippen molar-refractivity contribution in [2.24, 2.45) is 10.7 Å². The monoisotopic (exact) mass is 462 g/mol. The lowest BCUT2D eigenvalue weighted by Gasteiger charge is -2.24. The van der Waals surface area contributed by atoms with Crippen molar-refractivity contribution in [1.82, 2.24) is 10.3 Å². The third-order valence-corrected chi connectivity index (χ3v) is 5.66. The van der Waals surface area contributed by atoms with Crippen molar-refractivity contribution in [2.75, 3.05) is 13.2 Å². The van der Waals surface area contributed by atoms with Crippen LogP contribution in [-0.4, -0.2) is 46.9 Å². The molecule has 6 nitrogen and oxygen atoms in total. The number of hydrogen-bond donors (Lipinski definition) is 3. The van der Waals surface area contributed by atoms with Crippen molar-refractivity contribution in [3.63, 3.8) is 0 Å². The van der Waals surface area contributed by atoms with E-state index in [4.69, 9.17) is 5.73 Å². The molecule has 0 aliphatic carbocycles. The number of halogens is 2. The second kappa shape index (κ2) is 10.5. The molecular weight excluding hydrogens is 438 g/mol. The number of aliphatic hydroxyl groups excluding tert-OH is 1. The topological polar surface area (TPSA) is 101 Å². The molecule has 0 spiro atoms. The molecule has 4 N–H and O–H groups in total. The molecule has 1 aliphatic heterocycles. The molecule has 2 atom stereocenters. The zero-order valence-corrected chi connectivity index (χ0v) is 18.3. The van der Waals surface area contributed by atoms with Gasteiger partial charge in [-0.15, -0.1) is 0 Å². The minimum absolute atomic E-state index is 0.0752. The highest BCUT2D eigenvalue weighted by Gasteiger charge is 2.26. The van der Waals surface area contributed by atoms with E-state index in [0.717, 1.165) is 11.1 Å². The van der Waals surface area contributed by atoms with E-state index in [1.54, 1.807) is 36.5 Å². The second-order valence-electron chi connectivity index (χ2n) is 7.99. The highest BCUT2D eigenvalue weighted by atomic mass is 19.1. The van der Waals surface area contributed by atoms with Crippen LogP contribution in [0.4, 0.5) is 8.78 Å². The number of benzene rings is 2. The predicted molar refractivity (Wildman–Crippen MR) is 126 cm³/mol. The number of allylic oxidation sites excluding steroid dienone is 1. The van der Waals surface area contributed by atoms with Crippen LogP contribution in [0.2, 0.25) is 0 Å². The molecular formula is C26H24F2N4O2. The minimum Gasteiger partial charge on any atom is -0.395 e. The van der Waals surface area contributed by atoms with Crippen LogP contribution in [0.1, 0.15) is 27.2 Å². The number of aliphatic imine (C=N–C) groups is 1. The van der Waals surface area contributed by atoms with E-state index < -0.39 is 23.8 Å². The van der Waals surface area contributed by atoms with Crippen LogP contribution >= 0.6 is 0 Å². The lowest BCUT2D eigenvalue weighted by molar-refractivity contribution is 0.0922. The fourth-order valence-electron chi connectivity index (χ4n) is 3.82. The lowest BCUT2D eigenvalue weighted by atomic mass is 9.98. The Bertz CT molecular complexity index is 1230. The summed E-state index contributed by atoms with van der Waals surface area (Å²) >= 11 is 0. The first kappa shape index (κ1) is 23.4. The second-order valence-corrected chi connectivity index (χ2v) is 7.99. The first-order valence-electron chi connectivity index (χ1n) is 10.8. The molecule has 0 radical (unpaired) electrons. The van der Waals surface area contributed by atoms with Gasteiger partial charge in [0.1, 0.15) is 11.6 Å². The van der Waals surface area contributed by atoms with E-state index in [1.165, 1.54) is 30.3 Å². The molecule has 2 aromatic carbocycles. The third-order valence-electron chi connectivity index (χ3n) is 5.66. The summed E-state index contributed by atoms with van der Waals surface area (Å²) in [5.74, 6) is -1.47. The van der Waals surface area contributed by atoms with E-state index in [0.29, 0.717) is 17.8 Å².